The highest BCUT2D eigenvalue weighted by atomic mass is 14.9. The van der Waals surface area contributed by atoms with Crippen molar-refractivity contribution in [1.82, 2.24) is 5.32 Å². The van der Waals surface area contributed by atoms with Crippen molar-refractivity contribution in [2.75, 3.05) is 13.1 Å². The lowest BCUT2D eigenvalue weighted by atomic mass is 9.98. The Morgan fingerprint density at radius 2 is 1.84 bits per heavy atom. The van der Waals surface area contributed by atoms with Crippen LogP contribution in [0.4, 0.5) is 0 Å². The minimum absolute atomic E-state index is 0.754. The van der Waals surface area contributed by atoms with Gasteiger partial charge in [-0.05, 0) is 73.7 Å². The minimum atomic E-state index is 0.754. The molecule has 0 saturated carbocycles. The highest BCUT2D eigenvalue weighted by Gasteiger charge is 2.11. The molecule has 106 valence electrons. The third-order valence-electron chi connectivity index (χ3n) is 4.13. The van der Waals surface area contributed by atoms with Crippen LogP contribution in [0, 0.1) is 11.8 Å². The van der Waals surface area contributed by atoms with E-state index in [9.17, 15) is 0 Å². The van der Waals surface area contributed by atoms with Gasteiger partial charge in [0, 0.05) is 0 Å². The molecule has 0 aliphatic heterocycles. The zero-order valence-corrected chi connectivity index (χ0v) is 12.8. The normalized spacial score (nSPS) is 15.8. The van der Waals surface area contributed by atoms with Crippen molar-refractivity contribution in [2.45, 2.75) is 52.9 Å². The molecule has 1 aromatic carbocycles. The first-order valence-electron chi connectivity index (χ1n) is 7.96. The van der Waals surface area contributed by atoms with Crippen molar-refractivity contribution in [3.8, 4) is 0 Å². The van der Waals surface area contributed by atoms with Crippen LogP contribution in [0.2, 0.25) is 0 Å². The second-order valence-electron chi connectivity index (χ2n) is 6.65. The third-order valence-corrected chi connectivity index (χ3v) is 4.13. The highest BCUT2D eigenvalue weighted by molar-refractivity contribution is 5.35. The van der Waals surface area contributed by atoms with E-state index in [0.29, 0.717) is 0 Å². The Kier molecular flexibility index (Phi) is 5.45. The summed E-state index contributed by atoms with van der Waals surface area (Å²) in [7, 11) is 0. The molecule has 2 rings (SSSR count). The first-order valence-corrected chi connectivity index (χ1v) is 7.96. The molecule has 1 heteroatoms. The Morgan fingerprint density at radius 3 is 2.63 bits per heavy atom. The average molecular weight is 259 g/mol. The Morgan fingerprint density at radius 1 is 1.05 bits per heavy atom. The number of hydrogen-bond donors (Lipinski definition) is 1. The molecule has 0 aromatic heterocycles. The van der Waals surface area contributed by atoms with E-state index in [0.717, 1.165) is 24.9 Å². The van der Waals surface area contributed by atoms with Gasteiger partial charge in [0.15, 0.2) is 0 Å². The second kappa shape index (κ2) is 7.09. The summed E-state index contributed by atoms with van der Waals surface area (Å²) in [6.07, 6.45) is 6.48. The maximum absolute atomic E-state index is 3.56. The second-order valence-corrected chi connectivity index (χ2v) is 6.65. The highest BCUT2D eigenvalue weighted by Crippen LogP contribution is 2.23. The number of nitrogens with one attached hydrogen (secondary N) is 1. The molecule has 1 unspecified atom stereocenters. The Bertz CT molecular complexity index is 395. The van der Waals surface area contributed by atoms with E-state index in [1.165, 1.54) is 37.7 Å². The van der Waals surface area contributed by atoms with Crippen molar-refractivity contribution in [1.29, 1.82) is 0 Å². The molecule has 1 aromatic rings. The van der Waals surface area contributed by atoms with Gasteiger partial charge in [-0.2, -0.15) is 0 Å². The van der Waals surface area contributed by atoms with Crippen molar-refractivity contribution < 1.29 is 0 Å². The van der Waals surface area contributed by atoms with Crippen LogP contribution in [0.1, 0.15) is 50.3 Å². The Labute approximate surface area is 118 Å². The quantitative estimate of drug-likeness (QED) is 0.780. The van der Waals surface area contributed by atoms with E-state index in [2.05, 4.69) is 44.3 Å². The SMILES string of the molecule is CC(C)CNCC(C)CCc1ccc2c(c1)CCC2. The lowest BCUT2D eigenvalue weighted by molar-refractivity contribution is 0.454. The van der Waals surface area contributed by atoms with Gasteiger partial charge in [0.25, 0.3) is 0 Å². The topological polar surface area (TPSA) is 12.0 Å². The molecular formula is C18H29N. The molecule has 0 fully saturated rings. The van der Waals surface area contributed by atoms with E-state index < -0.39 is 0 Å². The molecule has 19 heavy (non-hydrogen) atoms. The third kappa shape index (κ3) is 4.65. The Hall–Kier alpha value is -0.820. The average Bonchev–Trinajstić information content (AvgIpc) is 2.83. The summed E-state index contributed by atoms with van der Waals surface area (Å²) >= 11 is 0. The summed E-state index contributed by atoms with van der Waals surface area (Å²) in [5.41, 5.74) is 4.75. The van der Waals surface area contributed by atoms with Gasteiger partial charge in [0.1, 0.15) is 0 Å². The van der Waals surface area contributed by atoms with Gasteiger partial charge >= 0.3 is 0 Å². The van der Waals surface area contributed by atoms with Gasteiger partial charge < -0.3 is 5.32 Å². The van der Waals surface area contributed by atoms with Gasteiger partial charge in [-0.15, -0.1) is 0 Å². The van der Waals surface area contributed by atoms with Crippen molar-refractivity contribution in [2.24, 2.45) is 11.8 Å². The number of hydrogen-bond acceptors (Lipinski definition) is 1. The molecular weight excluding hydrogens is 230 g/mol. The fraction of sp³-hybridized carbons (Fsp3) is 0.667. The molecule has 0 spiro atoms. The molecule has 0 radical (unpaired) electrons. The number of rotatable bonds is 7. The van der Waals surface area contributed by atoms with E-state index in [1.807, 2.05) is 0 Å². The number of fused-ring (bicyclic) bond motifs is 1. The standard InChI is InChI=1S/C18H29N/c1-14(2)12-19-13-15(3)7-8-16-9-10-17-5-4-6-18(17)11-16/h9-11,14-15,19H,4-8,12-13H2,1-3H3. The van der Waals surface area contributed by atoms with Crippen molar-refractivity contribution in [3.05, 3.63) is 34.9 Å². The van der Waals surface area contributed by atoms with Gasteiger partial charge in [-0.25, -0.2) is 0 Å². The molecule has 0 saturated heterocycles. The Balaban J connectivity index is 1.73. The van der Waals surface area contributed by atoms with Gasteiger partial charge in [0.05, 0.1) is 0 Å². The lowest BCUT2D eigenvalue weighted by Crippen LogP contribution is -2.25. The first-order chi connectivity index (χ1) is 9.15. The van der Waals surface area contributed by atoms with Crippen molar-refractivity contribution >= 4 is 0 Å². The van der Waals surface area contributed by atoms with Gasteiger partial charge in [-0.1, -0.05) is 39.0 Å². The van der Waals surface area contributed by atoms with Gasteiger partial charge in [0.2, 0.25) is 0 Å². The van der Waals surface area contributed by atoms with E-state index in [4.69, 9.17) is 0 Å². The largest absolute Gasteiger partial charge is 0.316 e. The molecule has 1 nitrogen and oxygen atoms in total. The molecule has 0 amide bonds. The smallest absolute Gasteiger partial charge is 0.00229 e. The van der Waals surface area contributed by atoms with Crippen LogP contribution >= 0.6 is 0 Å². The predicted molar refractivity (Wildman–Crippen MR) is 83.7 cm³/mol. The van der Waals surface area contributed by atoms with Crippen LogP contribution in [-0.2, 0) is 19.3 Å². The summed E-state index contributed by atoms with van der Waals surface area (Å²) in [4.78, 5) is 0. The molecule has 0 heterocycles. The van der Waals surface area contributed by atoms with Crippen LogP contribution in [-0.4, -0.2) is 13.1 Å². The number of benzene rings is 1. The summed E-state index contributed by atoms with van der Waals surface area (Å²) in [6.45, 7) is 9.19. The maximum Gasteiger partial charge on any atom is -0.00229 e. The summed E-state index contributed by atoms with van der Waals surface area (Å²) in [5, 5.41) is 3.56. The number of aryl methyl sites for hydroxylation is 3. The molecule has 0 bridgehead atoms. The van der Waals surface area contributed by atoms with E-state index >= 15 is 0 Å². The summed E-state index contributed by atoms with van der Waals surface area (Å²) in [5.74, 6) is 1.52. The van der Waals surface area contributed by atoms with Crippen LogP contribution in [0.25, 0.3) is 0 Å². The predicted octanol–water partition coefficient (Wildman–Crippen LogP) is 3.99. The maximum atomic E-state index is 3.56. The molecule has 1 atom stereocenters. The lowest BCUT2D eigenvalue weighted by Gasteiger charge is -2.14. The molecule has 1 aliphatic carbocycles. The van der Waals surface area contributed by atoms with E-state index in [1.54, 1.807) is 11.1 Å². The molecule has 1 aliphatic rings. The van der Waals surface area contributed by atoms with Crippen LogP contribution in [0.3, 0.4) is 0 Å². The van der Waals surface area contributed by atoms with Crippen LogP contribution in [0.5, 0.6) is 0 Å². The molecule has 1 N–H and O–H groups in total. The van der Waals surface area contributed by atoms with Gasteiger partial charge in [-0.3, -0.25) is 0 Å². The first kappa shape index (κ1) is 14.6. The summed E-state index contributed by atoms with van der Waals surface area (Å²) < 4.78 is 0. The van der Waals surface area contributed by atoms with Crippen molar-refractivity contribution in [3.63, 3.8) is 0 Å². The van der Waals surface area contributed by atoms with Crippen LogP contribution < -0.4 is 5.32 Å². The van der Waals surface area contributed by atoms with Crippen LogP contribution in [0.15, 0.2) is 18.2 Å². The minimum Gasteiger partial charge on any atom is -0.316 e. The zero-order valence-electron chi connectivity index (χ0n) is 12.8. The monoisotopic (exact) mass is 259 g/mol. The zero-order chi connectivity index (χ0) is 13.7. The van der Waals surface area contributed by atoms with E-state index in [-0.39, 0.29) is 0 Å². The summed E-state index contributed by atoms with van der Waals surface area (Å²) in [6, 6.07) is 7.16. The fourth-order valence-corrected chi connectivity index (χ4v) is 2.91. The fourth-order valence-electron chi connectivity index (χ4n) is 2.91.